The molecule has 0 nitrogen and oxygen atoms in total. The first-order valence-electron chi connectivity index (χ1n) is 15.7. The van der Waals surface area contributed by atoms with Gasteiger partial charge in [-0.1, -0.05) is 160 Å². The molecule has 0 spiro atoms. The molecule has 0 aliphatic heterocycles. The zero-order chi connectivity index (χ0) is 26.7. The highest BCUT2D eigenvalue weighted by atomic mass is 14.2. The Bertz CT molecular complexity index is 652. The summed E-state index contributed by atoms with van der Waals surface area (Å²) in [4.78, 5) is 0. The molecule has 0 saturated heterocycles. The van der Waals surface area contributed by atoms with Gasteiger partial charge < -0.3 is 0 Å². The third-order valence-electron chi connectivity index (χ3n) is 6.86. The Morgan fingerprint density at radius 3 is 1.47 bits per heavy atom. The van der Waals surface area contributed by atoms with Gasteiger partial charge >= 0.3 is 0 Å². The minimum atomic E-state index is 0.421. The normalized spacial score (nSPS) is 15.3. The molecule has 2 atom stereocenters. The van der Waals surface area contributed by atoms with Crippen LogP contribution in [0.5, 0.6) is 0 Å². The Labute approximate surface area is 227 Å². The molecular formula is C36H62. The minimum Gasteiger partial charge on any atom is -0.0885 e. The van der Waals surface area contributed by atoms with Gasteiger partial charge in [0.25, 0.3) is 0 Å². The maximum Gasteiger partial charge on any atom is 0.00862 e. The van der Waals surface area contributed by atoms with Crippen molar-refractivity contribution in [2.45, 2.75) is 144 Å². The number of allylic oxidation sites excluding steroid dienone is 12. The van der Waals surface area contributed by atoms with Gasteiger partial charge in [-0.15, -0.1) is 0 Å². The van der Waals surface area contributed by atoms with Crippen molar-refractivity contribution in [1.82, 2.24) is 0 Å². The van der Waals surface area contributed by atoms with Gasteiger partial charge in [0.2, 0.25) is 0 Å². The van der Waals surface area contributed by atoms with Crippen LogP contribution in [0.4, 0.5) is 0 Å². The molecule has 0 saturated carbocycles. The van der Waals surface area contributed by atoms with Gasteiger partial charge in [0, 0.05) is 5.92 Å². The lowest BCUT2D eigenvalue weighted by molar-refractivity contribution is 0.540. The highest BCUT2D eigenvalue weighted by Gasteiger charge is 2.20. The van der Waals surface area contributed by atoms with E-state index in [0.29, 0.717) is 11.8 Å². The molecule has 0 fully saturated rings. The molecule has 0 amide bonds. The fourth-order valence-electron chi connectivity index (χ4n) is 4.39. The first-order valence-corrected chi connectivity index (χ1v) is 15.7. The van der Waals surface area contributed by atoms with E-state index < -0.39 is 0 Å². The van der Waals surface area contributed by atoms with E-state index in [1.807, 2.05) is 0 Å². The van der Waals surface area contributed by atoms with Gasteiger partial charge in [-0.25, -0.2) is 0 Å². The van der Waals surface area contributed by atoms with E-state index in [9.17, 15) is 0 Å². The van der Waals surface area contributed by atoms with Gasteiger partial charge in [0.1, 0.15) is 0 Å². The monoisotopic (exact) mass is 494 g/mol. The molecule has 0 heterocycles. The van der Waals surface area contributed by atoms with Crippen LogP contribution in [-0.2, 0) is 0 Å². The van der Waals surface area contributed by atoms with Crippen LogP contribution in [0.1, 0.15) is 144 Å². The summed E-state index contributed by atoms with van der Waals surface area (Å²) >= 11 is 0. The standard InChI is InChI=1S/C36H62/c1-7-12-17-22-25-30-34(29-24-19-14-9-3)36(32-27-21-16-11-5)35(31-26-20-15-10-4)33(6)28-23-18-13-8-2/h22-29,31-32,34,36H,7-21,30H2,1-6H3. The third kappa shape index (κ3) is 18.7. The lowest BCUT2D eigenvalue weighted by atomic mass is 9.80. The minimum absolute atomic E-state index is 0.421. The molecule has 0 heteroatoms. The van der Waals surface area contributed by atoms with Gasteiger partial charge in [-0.05, 0) is 62.5 Å². The molecule has 0 aliphatic carbocycles. The van der Waals surface area contributed by atoms with E-state index in [-0.39, 0.29) is 0 Å². The average Bonchev–Trinajstić information content (AvgIpc) is 2.88. The summed E-state index contributed by atoms with van der Waals surface area (Å²) < 4.78 is 0. The summed E-state index contributed by atoms with van der Waals surface area (Å²) in [6, 6.07) is 0. The van der Waals surface area contributed by atoms with Crippen molar-refractivity contribution in [3.05, 3.63) is 71.9 Å². The van der Waals surface area contributed by atoms with Crippen molar-refractivity contribution in [3.8, 4) is 0 Å². The summed E-state index contributed by atoms with van der Waals surface area (Å²) in [5.74, 6) is 0.923. The van der Waals surface area contributed by atoms with Crippen LogP contribution >= 0.6 is 0 Å². The summed E-state index contributed by atoms with van der Waals surface area (Å²) in [5.41, 5.74) is 2.95. The Morgan fingerprint density at radius 2 is 0.944 bits per heavy atom. The quantitative estimate of drug-likeness (QED) is 0.0752. The van der Waals surface area contributed by atoms with E-state index in [0.717, 1.165) is 6.42 Å². The molecule has 0 bridgehead atoms. The number of hydrogen-bond acceptors (Lipinski definition) is 0. The zero-order valence-electron chi connectivity index (χ0n) is 25.2. The lowest BCUT2D eigenvalue weighted by Gasteiger charge is -2.24. The Hall–Kier alpha value is -1.56. The first kappa shape index (κ1) is 34.4. The fraction of sp³-hybridized carbons (Fsp3) is 0.667. The second kappa shape index (κ2) is 26.5. The number of unbranched alkanes of at least 4 members (excludes halogenated alkanes) is 10. The highest BCUT2D eigenvalue weighted by molar-refractivity contribution is 5.37. The van der Waals surface area contributed by atoms with Crippen molar-refractivity contribution >= 4 is 0 Å². The largest absolute Gasteiger partial charge is 0.0885 e. The van der Waals surface area contributed by atoms with Crippen LogP contribution in [0.3, 0.4) is 0 Å². The second-order valence-corrected chi connectivity index (χ2v) is 10.4. The predicted octanol–water partition coefficient (Wildman–Crippen LogP) is 12.7. The van der Waals surface area contributed by atoms with Gasteiger partial charge in [-0.3, -0.25) is 0 Å². The molecule has 206 valence electrons. The van der Waals surface area contributed by atoms with E-state index in [4.69, 9.17) is 0 Å². The molecule has 0 N–H and O–H groups in total. The summed E-state index contributed by atoms with van der Waals surface area (Å²) in [6.07, 6.45) is 44.4. The summed E-state index contributed by atoms with van der Waals surface area (Å²) in [5, 5.41) is 0. The number of hydrogen-bond donors (Lipinski definition) is 0. The van der Waals surface area contributed by atoms with Crippen molar-refractivity contribution < 1.29 is 0 Å². The Kier molecular flexibility index (Phi) is 25.4. The second-order valence-electron chi connectivity index (χ2n) is 10.4. The molecule has 0 aromatic carbocycles. The van der Waals surface area contributed by atoms with Crippen LogP contribution in [0.2, 0.25) is 0 Å². The van der Waals surface area contributed by atoms with Gasteiger partial charge in [0.05, 0.1) is 0 Å². The van der Waals surface area contributed by atoms with Crippen LogP contribution in [-0.4, -0.2) is 0 Å². The smallest absolute Gasteiger partial charge is 0.00862 e. The predicted molar refractivity (Wildman–Crippen MR) is 168 cm³/mol. The summed E-state index contributed by atoms with van der Waals surface area (Å²) in [7, 11) is 0. The SMILES string of the molecule is CCCCC=CCC(C=CCCCC)C(C=CCCCC)C(C=CCCCC)=C(C)C=CCCCC. The van der Waals surface area contributed by atoms with Crippen molar-refractivity contribution in [3.63, 3.8) is 0 Å². The fourth-order valence-corrected chi connectivity index (χ4v) is 4.39. The van der Waals surface area contributed by atoms with Crippen LogP contribution < -0.4 is 0 Å². The number of rotatable bonds is 23. The van der Waals surface area contributed by atoms with Crippen LogP contribution in [0, 0.1) is 11.8 Å². The Balaban J connectivity index is 6.28. The van der Waals surface area contributed by atoms with Crippen molar-refractivity contribution in [1.29, 1.82) is 0 Å². The molecule has 0 aromatic rings. The van der Waals surface area contributed by atoms with Gasteiger partial charge in [-0.2, -0.15) is 0 Å². The lowest BCUT2D eigenvalue weighted by Crippen LogP contribution is -2.13. The van der Waals surface area contributed by atoms with Crippen molar-refractivity contribution in [2.75, 3.05) is 0 Å². The molecule has 0 aliphatic rings. The topological polar surface area (TPSA) is 0 Å². The molecule has 0 radical (unpaired) electrons. The molecule has 0 aromatic heterocycles. The molecule has 0 rings (SSSR count). The van der Waals surface area contributed by atoms with E-state index in [1.165, 1.54) is 107 Å². The Morgan fingerprint density at radius 1 is 0.500 bits per heavy atom. The highest BCUT2D eigenvalue weighted by Crippen LogP contribution is 2.32. The van der Waals surface area contributed by atoms with Crippen LogP contribution in [0.25, 0.3) is 0 Å². The van der Waals surface area contributed by atoms with Crippen molar-refractivity contribution in [2.24, 2.45) is 11.8 Å². The average molecular weight is 495 g/mol. The van der Waals surface area contributed by atoms with Crippen LogP contribution in [0.15, 0.2) is 71.9 Å². The maximum absolute atomic E-state index is 2.55. The van der Waals surface area contributed by atoms with E-state index in [2.05, 4.69) is 102 Å². The maximum atomic E-state index is 2.55. The van der Waals surface area contributed by atoms with Gasteiger partial charge in [0.15, 0.2) is 0 Å². The van der Waals surface area contributed by atoms with E-state index in [1.54, 1.807) is 0 Å². The molecule has 2 unspecified atom stereocenters. The first-order chi connectivity index (χ1) is 17.7. The van der Waals surface area contributed by atoms with E-state index >= 15 is 0 Å². The molecular weight excluding hydrogens is 432 g/mol. The third-order valence-corrected chi connectivity index (χ3v) is 6.86. The summed E-state index contributed by atoms with van der Waals surface area (Å²) in [6.45, 7) is 13.8. The zero-order valence-corrected chi connectivity index (χ0v) is 25.2. The molecule has 36 heavy (non-hydrogen) atoms.